The maximum absolute atomic E-state index is 12.3. The van der Waals surface area contributed by atoms with Crippen molar-refractivity contribution in [1.82, 2.24) is 5.32 Å². The van der Waals surface area contributed by atoms with Crippen molar-refractivity contribution in [2.24, 2.45) is 5.92 Å². The summed E-state index contributed by atoms with van der Waals surface area (Å²) in [6, 6.07) is 5.32. The summed E-state index contributed by atoms with van der Waals surface area (Å²) in [6.45, 7) is 4.12. The Kier molecular flexibility index (Phi) is 4.33. The van der Waals surface area contributed by atoms with E-state index in [2.05, 4.69) is 12.2 Å². The van der Waals surface area contributed by atoms with Gasteiger partial charge in [-0.15, -0.1) is 0 Å². The van der Waals surface area contributed by atoms with Gasteiger partial charge in [-0.05, 0) is 56.2 Å². The number of aryl methyl sites for hydroxylation is 1. The van der Waals surface area contributed by atoms with E-state index in [1.54, 1.807) is 12.1 Å². The number of aliphatic hydroxyl groups is 1. The quantitative estimate of drug-likeness (QED) is 0.741. The Morgan fingerprint density at radius 1 is 1.45 bits per heavy atom. The van der Waals surface area contributed by atoms with E-state index in [0.717, 1.165) is 31.2 Å². The van der Waals surface area contributed by atoms with Crippen molar-refractivity contribution in [3.8, 4) is 0 Å². The molecule has 0 saturated heterocycles. The first-order valence-corrected chi connectivity index (χ1v) is 7.25. The number of rotatable bonds is 3. The number of carbonyl (C=O) groups is 1. The summed E-state index contributed by atoms with van der Waals surface area (Å²) < 4.78 is 0. The number of carbonyl (C=O) groups excluding carboxylic acids is 1. The molecule has 110 valence electrons. The lowest BCUT2D eigenvalue weighted by Gasteiger charge is -2.38. The van der Waals surface area contributed by atoms with Gasteiger partial charge < -0.3 is 16.2 Å². The molecule has 0 aliphatic heterocycles. The first-order chi connectivity index (χ1) is 9.46. The number of aliphatic hydroxyl groups excluding tert-OH is 1. The van der Waals surface area contributed by atoms with E-state index >= 15 is 0 Å². The maximum atomic E-state index is 12.3. The SMILES string of the molecule is Cc1ccc(C(=O)NC2(CO)CCC(C)CC2)cc1N. The molecule has 1 aromatic carbocycles. The highest BCUT2D eigenvalue weighted by Gasteiger charge is 2.35. The summed E-state index contributed by atoms with van der Waals surface area (Å²) in [6.07, 6.45) is 3.74. The van der Waals surface area contributed by atoms with Crippen molar-refractivity contribution in [2.75, 3.05) is 12.3 Å². The van der Waals surface area contributed by atoms with Gasteiger partial charge in [0.1, 0.15) is 0 Å². The number of anilines is 1. The Bertz CT molecular complexity index is 491. The van der Waals surface area contributed by atoms with E-state index in [9.17, 15) is 9.90 Å². The Balaban J connectivity index is 2.11. The third kappa shape index (κ3) is 3.12. The second-order valence-electron chi connectivity index (χ2n) is 6.15. The average Bonchev–Trinajstić information content (AvgIpc) is 2.44. The minimum Gasteiger partial charge on any atom is -0.398 e. The van der Waals surface area contributed by atoms with Gasteiger partial charge in [-0.25, -0.2) is 0 Å². The van der Waals surface area contributed by atoms with E-state index in [1.165, 1.54) is 0 Å². The van der Waals surface area contributed by atoms with Gasteiger partial charge in [0.2, 0.25) is 0 Å². The molecular weight excluding hydrogens is 252 g/mol. The summed E-state index contributed by atoms with van der Waals surface area (Å²) in [5.74, 6) is 0.516. The Labute approximate surface area is 120 Å². The lowest BCUT2D eigenvalue weighted by molar-refractivity contribution is 0.0717. The molecule has 20 heavy (non-hydrogen) atoms. The molecule has 0 heterocycles. The zero-order valence-electron chi connectivity index (χ0n) is 12.3. The van der Waals surface area contributed by atoms with Crippen LogP contribution in [0.15, 0.2) is 18.2 Å². The number of amides is 1. The van der Waals surface area contributed by atoms with Crippen LogP contribution in [0.25, 0.3) is 0 Å². The molecule has 4 nitrogen and oxygen atoms in total. The first kappa shape index (κ1) is 14.9. The van der Waals surface area contributed by atoms with Crippen LogP contribution in [0.1, 0.15) is 48.5 Å². The van der Waals surface area contributed by atoms with Crippen LogP contribution in [0.2, 0.25) is 0 Å². The minimum absolute atomic E-state index is 0.00714. The van der Waals surface area contributed by atoms with Crippen LogP contribution in [0.4, 0.5) is 5.69 Å². The molecule has 4 heteroatoms. The smallest absolute Gasteiger partial charge is 0.251 e. The predicted molar refractivity (Wildman–Crippen MR) is 80.5 cm³/mol. The minimum atomic E-state index is -0.469. The van der Waals surface area contributed by atoms with Crippen LogP contribution in [0.3, 0.4) is 0 Å². The number of hydrogen-bond acceptors (Lipinski definition) is 3. The number of benzene rings is 1. The summed E-state index contributed by atoms with van der Waals surface area (Å²) in [7, 11) is 0. The fourth-order valence-corrected chi connectivity index (χ4v) is 2.73. The molecule has 0 spiro atoms. The molecule has 2 rings (SSSR count). The molecule has 0 radical (unpaired) electrons. The molecule has 1 fully saturated rings. The van der Waals surface area contributed by atoms with Crippen LogP contribution < -0.4 is 11.1 Å². The normalized spacial score (nSPS) is 26.2. The highest BCUT2D eigenvalue weighted by Crippen LogP contribution is 2.31. The first-order valence-electron chi connectivity index (χ1n) is 7.25. The molecule has 4 N–H and O–H groups in total. The van der Waals surface area contributed by atoms with Gasteiger partial charge in [0.15, 0.2) is 0 Å². The lowest BCUT2D eigenvalue weighted by Crippen LogP contribution is -2.53. The van der Waals surface area contributed by atoms with Crippen LogP contribution in [-0.2, 0) is 0 Å². The van der Waals surface area contributed by atoms with Gasteiger partial charge in [0, 0.05) is 11.3 Å². The molecule has 0 aromatic heterocycles. The monoisotopic (exact) mass is 276 g/mol. The van der Waals surface area contributed by atoms with Crippen LogP contribution in [0, 0.1) is 12.8 Å². The van der Waals surface area contributed by atoms with Gasteiger partial charge in [0.25, 0.3) is 5.91 Å². The fourth-order valence-electron chi connectivity index (χ4n) is 2.73. The van der Waals surface area contributed by atoms with E-state index in [0.29, 0.717) is 17.2 Å². The third-order valence-corrected chi connectivity index (χ3v) is 4.45. The van der Waals surface area contributed by atoms with Gasteiger partial charge in [0.05, 0.1) is 12.1 Å². The van der Waals surface area contributed by atoms with Crippen molar-refractivity contribution in [2.45, 2.75) is 45.1 Å². The topological polar surface area (TPSA) is 75.3 Å². The highest BCUT2D eigenvalue weighted by molar-refractivity contribution is 5.95. The number of nitrogens with two attached hydrogens (primary N) is 1. The standard InChI is InChI=1S/C16H24N2O2/c1-11-5-7-16(10-19,8-6-11)18-15(20)13-4-3-12(2)14(17)9-13/h3-4,9,11,19H,5-8,10,17H2,1-2H3,(H,18,20). The van der Waals surface area contributed by atoms with Crippen molar-refractivity contribution in [3.05, 3.63) is 29.3 Å². The zero-order chi connectivity index (χ0) is 14.8. The molecule has 0 unspecified atom stereocenters. The molecule has 1 aromatic rings. The molecule has 1 aliphatic carbocycles. The molecular formula is C16H24N2O2. The molecule has 1 saturated carbocycles. The summed E-state index contributed by atoms with van der Waals surface area (Å²) >= 11 is 0. The Hall–Kier alpha value is -1.55. The molecule has 0 bridgehead atoms. The Morgan fingerprint density at radius 3 is 2.65 bits per heavy atom. The van der Waals surface area contributed by atoms with E-state index < -0.39 is 5.54 Å². The molecule has 1 amide bonds. The Morgan fingerprint density at radius 2 is 2.10 bits per heavy atom. The summed E-state index contributed by atoms with van der Waals surface area (Å²) in [5, 5.41) is 12.7. The number of nitrogen functional groups attached to an aromatic ring is 1. The van der Waals surface area contributed by atoms with E-state index in [4.69, 9.17) is 5.73 Å². The van der Waals surface area contributed by atoms with Crippen molar-refractivity contribution in [1.29, 1.82) is 0 Å². The van der Waals surface area contributed by atoms with Crippen molar-refractivity contribution in [3.63, 3.8) is 0 Å². The van der Waals surface area contributed by atoms with Gasteiger partial charge in [-0.1, -0.05) is 13.0 Å². The predicted octanol–water partition coefficient (Wildman–Crippen LogP) is 2.25. The molecule has 0 atom stereocenters. The van der Waals surface area contributed by atoms with E-state index in [1.807, 2.05) is 13.0 Å². The van der Waals surface area contributed by atoms with Crippen molar-refractivity contribution >= 4 is 11.6 Å². The number of nitrogens with one attached hydrogen (secondary N) is 1. The van der Waals surface area contributed by atoms with Crippen LogP contribution >= 0.6 is 0 Å². The summed E-state index contributed by atoms with van der Waals surface area (Å²) in [4.78, 5) is 12.3. The van der Waals surface area contributed by atoms with Crippen molar-refractivity contribution < 1.29 is 9.90 Å². The second kappa shape index (κ2) is 5.83. The zero-order valence-corrected chi connectivity index (χ0v) is 12.3. The second-order valence-corrected chi connectivity index (χ2v) is 6.15. The van der Waals surface area contributed by atoms with E-state index in [-0.39, 0.29) is 12.5 Å². The van der Waals surface area contributed by atoms with Gasteiger partial charge in [-0.2, -0.15) is 0 Å². The third-order valence-electron chi connectivity index (χ3n) is 4.45. The largest absolute Gasteiger partial charge is 0.398 e. The summed E-state index contributed by atoms with van der Waals surface area (Å²) in [5.41, 5.74) is 7.51. The van der Waals surface area contributed by atoms with Crippen LogP contribution in [-0.4, -0.2) is 23.2 Å². The fraction of sp³-hybridized carbons (Fsp3) is 0.562. The maximum Gasteiger partial charge on any atom is 0.251 e. The molecule has 1 aliphatic rings. The van der Waals surface area contributed by atoms with Gasteiger partial charge >= 0.3 is 0 Å². The highest BCUT2D eigenvalue weighted by atomic mass is 16.3. The van der Waals surface area contributed by atoms with Crippen LogP contribution in [0.5, 0.6) is 0 Å². The lowest BCUT2D eigenvalue weighted by atomic mass is 9.77. The van der Waals surface area contributed by atoms with Gasteiger partial charge in [-0.3, -0.25) is 4.79 Å². The average molecular weight is 276 g/mol. The number of hydrogen-bond donors (Lipinski definition) is 3.